The fourth-order valence-electron chi connectivity index (χ4n) is 1.56. The van der Waals surface area contributed by atoms with E-state index in [1.54, 1.807) is 12.1 Å². The van der Waals surface area contributed by atoms with Gasteiger partial charge in [-0.3, -0.25) is 0 Å². The molecule has 2 rings (SSSR count). The van der Waals surface area contributed by atoms with Crippen LogP contribution in [0.3, 0.4) is 0 Å². The maximum atomic E-state index is 6.08. The first kappa shape index (κ1) is 13.5. The number of para-hydroxylation sites is 1. The molecule has 18 heavy (non-hydrogen) atoms. The van der Waals surface area contributed by atoms with Crippen molar-refractivity contribution in [3.63, 3.8) is 0 Å². The van der Waals surface area contributed by atoms with Gasteiger partial charge in [-0.15, -0.1) is 0 Å². The van der Waals surface area contributed by atoms with E-state index in [-0.39, 0.29) is 0 Å². The molecule has 0 atom stereocenters. The Morgan fingerprint density at radius 2 is 1.67 bits per heavy atom. The van der Waals surface area contributed by atoms with Crippen LogP contribution in [0.5, 0.6) is 5.75 Å². The highest BCUT2D eigenvalue weighted by Gasteiger charge is 2.03. The summed E-state index contributed by atoms with van der Waals surface area (Å²) in [5.41, 5.74) is 1.01. The third kappa shape index (κ3) is 3.55. The first-order chi connectivity index (χ1) is 8.66. The Morgan fingerprint density at radius 1 is 0.889 bits per heavy atom. The Balaban J connectivity index is 1.95. The average Bonchev–Trinajstić information content (AvgIpc) is 2.34. The van der Waals surface area contributed by atoms with Crippen molar-refractivity contribution in [2.45, 2.75) is 6.42 Å². The molecule has 0 radical (unpaired) electrons. The van der Waals surface area contributed by atoms with Crippen molar-refractivity contribution < 1.29 is 4.74 Å². The van der Waals surface area contributed by atoms with E-state index in [2.05, 4.69) is 0 Å². The fourth-order valence-corrected chi connectivity index (χ4v) is 2.25. The van der Waals surface area contributed by atoms with E-state index in [4.69, 9.17) is 39.5 Å². The highest BCUT2D eigenvalue weighted by molar-refractivity contribution is 6.35. The standard InChI is InChI=1S/C14H11Cl3O/c15-11-6-5-10(13(17)9-11)7-8-18-14-4-2-1-3-12(14)16/h1-6,9H,7-8H2. The highest BCUT2D eigenvalue weighted by Crippen LogP contribution is 2.24. The lowest BCUT2D eigenvalue weighted by Crippen LogP contribution is -2.02. The molecular weight excluding hydrogens is 291 g/mol. The van der Waals surface area contributed by atoms with Crippen LogP contribution < -0.4 is 4.74 Å². The van der Waals surface area contributed by atoms with Gasteiger partial charge >= 0.3 is 0 Å². The first-order valence-corrected chi connectivity index (χ1v) is 6.61. The number of hydrogen-bond donors (Lipinski definition) is 0. The average molecular weight is 302 g/mol. The zero-order valence-corrected chi connectivity index (χ0v) is 11.8. The maximum absolute atomic E-state index is 6.08. The van der Waals surface area contributed by atoms with Crippen molar-refractivity contribution in [2.24, 2.45) is 0 Å². The van der Waals surface area contributed by atoms with E-state index >= 15 is 0 Å². The summed E-state index contributed by atoms with van der Waals surface area (Å²) in [6, 6.07) is 12.8. The van der Waals surface area contributed by atoms with Crippen LogP contribution in [0, 0.1) is 0 Å². The summed E-state index contributed by atoms with van der Waals surface area (Å²) in [5, 5.41) is 1.90. The van der Waals surface area contributed by atoms with Gasteiger partial charge in [-0.1, -0.05) is 53.0 Å². The summed E-state index contributed by atoms with van der Waals surface area (Å²) in [7, 11) is 0. The first-order valence-electron chi connectivity index (χ1n) is 5.48. The van der Waals surface area contributed by atoms with Crippen molar-refractivity contribution in [2.75, 3.05) is 6.61 Å². The summed E-state index contributed by atoms with van der Waals surface area (Å²) >= 11 is 17.9. The van der Waals surface area contributed by atoms with Gasteiger partial charge in [0.2, 0.25) is 0 Å². The van der Waals surface area contributed by atoms with Crippen LogP contribution in [0.4, 0.5) is 0 Å². The Bertz CT molecular complexity index is 540. The molecule has 0 amide bonds. The molecule has 0 heterocycles. The molecule has 0 aliphatic rings. The number of hydrogen-bond acceptors (Lipinski definition) is 1. The van der Waals surface area contributed by atoms with Gasteiger partial charge in [0.15, 0.2) is 0 Å². The van der Waals surface area contributed by atoms with E-state index in [1.807, 2.05) is 30.3 Å². The van der Waals surface area contributed by atoms with E-state index in [1.165, 1.54) is 0 Å². The van der Waals surface area contributed by atoms with E-state index in [9.17, 15) is 0 Å². The molecule has 4 heteroatoms. The normalized spacial score (nSPS) is 10.4. The lowest BCUT2D eigenvalue weighted by molar-refractivity contribution is 0.322. The Hall–Kier alpha value is -0.890. The van der Waals surface area contributed by atoms with Gasteiger partial charge in [-0.05, 0) is 29.8 Å². The zero-order chi connectivity index (χ0) is 13.0. The van der Waals surface area contributed by atoms with Gasteiger partial charge in [0.05, 0.1) is 11.6 Å². The van der Waals surface area contributed by atoms with Crippen molar-refractivity contribution in [1.82, 2.24) is 0 Å². The molecular formula is C14H11Cl3O. The molecule has 0 aliphatic heterocycles. The van der Waals surface area contributed by atoms with Crippen LogP contribution in [0.25, 0.3) is 0 Å². The van der Waals surface area contributed by atoms with Crippen LogP contribution in [0.2, 0.25) is 15.1 Å². The lowest BCUT2D eigenvalue weighted by atomic mass is 10.2. The van der Waals surface area contributed by atoms with Gasteiger partial charge in [-0.2, -0.15) is 0 Å². The Morgan fingerprint density at radius 3 is 2.39 bits per heavy atom. The quantitative estimate of drug-likeness (QED) is 0.747. The molecule has 0 aromatic heterocycles. The minimum absolute atomic E-state index is 0.519. The molecule has 0 spiro atoms. The molecule has 2 aromatic rings. The van der Waals surface area contributed by atoms with Crippen LogP contribution >= 0.6 is 34.8 Å². The molecule has 0 saturated carbocycles. The molecule has 0 fully saturated rings. The van der Waals surface area contributed by atoms with Gasteiger partial charge in [0.25, 0.3) is 0 Å². The summed E-state index contributed by atoms with van der Waals surface area (Å²) in [6.45, 7) is 0.519. The minimum atomic E-state index is 0.519. The second kappa shape index (κ2) is 6.33. The van der Waals surface area contributed by atoms with Crippen molar-refractivity contribution in [3.05, 3.63) is 63.1 Å². The molecule has 2 aromatic carbocycles. The second-order valence-corrected chi connectivity index (χ2v) is 5.02. The fraction of sp³-hybridized carbons (Fsp3) is 0.143. The third-order valence-electron chi connectivity index (χ3n) is 2.48. The van der Waals surface area contributed by atoms with Gasteiger partial charge in [0.1, 0.15) is 5.75 Å². The van der Waals surface area contributed by atoms with Crippen molar-refractivity contribution in [3.8, 4) is 5.75 Å². The van der Waals surface area contributed by atoms with Crippen molar-refractivity contribution in [1.29, 1.82) is 0 Å². The van der Waals surface area contributed by atoms with Crippen molar-refractivity contribution >= 4 is 34.8 Å². The molecule has 1 nitrogen and oxygen atoms in total. The molecule has 0 aliphatic carbocycles. The predicted octanol–water partition coefficient (Wildman–Crippen LogP) is 5.27. The summed E-state index contributed by atoms with van der Waals surface area (Å²) in [5.74, 6) is 0.684. The van der Waals surface area contributed by atoms with Crippen LogP contribution in [-0.2, 0) is 6.42 Å². The summed E-state index contributed by atoms with van der Waals surface area (Å²) in [6.07, 6.45) is 0.710. The van der Waals surface area contributed by atoms with Crippen LogP contribution in [-0.4, -0.2) is 6.61 Å². The third-order valence-corrected chi connectivity index (χ3v) is 3.38. The second-order valence-electron chi connectivity index (χ2n) is 3.76. The molecule has 0 bridgehead atoms. The predicted molar refractivity (Wildman–Crippen MR) is 77.1 cm³/mol. The Labute approximate surface area is 121 Å². The number of ether oxygens (including phenoxy) is 1. The number of halogens is 3. The van der Waals surface area contributed by atoms with Crippen LogP contribution in [0.15, 0.2) is 42.5 Å². The monoisotopic (exact) mass is 300 g/mol. The molecule has 0 unspecified atom stereocenters. The zero-order valence-electron chi connectivity index (χ0n) is 9.50. The smallest absolute Gasteiger partial charge is 0.137 e. The van der Waals surface area contributed by atoms with E-state index in [0.717, 1.165) is 5.56 Å². The van der Waals surface area contributed by atoms with Crippen LogP contribution in [0.1, 0.15) is 5.56 Å². The van der Waals surface area contributed by atoms with E-state index in [0.29, 0.717) is 33.8 Å². The molecule has 0 N–H and O–H groups in total. The lowest BCUT2D eigenvalue weighted by Gasteiger charge is -2.08. The topological polar surface area (TPSA) is 9.23 Å². The molecule has 94 valence electrons. The summed E-state index contributed by atoms with van der Waals surface area (Å²) in [4.78, 5) is 0. The Kier molecular flexibility index (Phi) is 4.76. The van der Waals surface area contributed by atoms with E-state index < -0.39 is 0 Å². The number of rotatable bonds is 4. The largest absolute Gasteiger partial charge is 0.492 e. The molecule has 0 saturated heterocycles. The number of benzene rings is 2. The highest BCUT2D eigenvalue weighted by atomic mass is 35.5. The van der Waals surface area contributed by atoms with Gasteiger partial charge < -0.3 is 4.74 Å². The minimum Gasteiger partial charge on any atom is -0.492 e. The maximum Gasteiger partial charge on any atom is 0.137 e. The van der Waals surface area contributed by atoms with Gasteiger partial charge in [0, 0.05) is 16.5 Å². The van der Waals surface area contributed by atoms with Gasteiger partial charge in [-0.25, -0.2) is 0 Å². The summed E-state index contributed by atoms with van der Waals surface area (Å²) < 4.78 is 5.60. The SMILES string of the molecule is Clc1ccc(CCOc2ccccc2Cl)c(Cl)c1.